The summed E-state index contributed by atoms with van der Waals surface area (Å²) in [6, 6.07) is 64.0. The summed E-state index contributed by atoms with van der Waals surface area (Å²) in [7, 11) is 0. The number of fused-ring (bicyclic) bond motifs is 3. The summed E-state index contributed by atoms with van der Waals surface area (Å²) in [6.07, 6.45) is 6.50. The predicted molar refractivity (Wildman–Crippen MR) is 214 cm³/mol. The molecular formula is C49H38N2. The van der Waals surface area contributed by atoms with Gasteiger partial charge in [0.2, 0.25) is 0 Å². The van der Waals surface area contributed by atoms with Crippen molar-refractivity contribution < 1.29 is 0 Å². The zero-order chi connectivity index (χ0) is 34.4. The van der Waals surface area contributed by atoms with Gasteiger partial charge in [-0.15, -0.1) is 0 Å². The Kier molecular flexibility index (Phi) is 7.51. The summed E-state index contributed by atoms with van der Waals surface area (Å²) < 4.78 is 0. The van der Waals surface area contributed by atoms with Crippen LogP contribution in [0, 0.1) is 0 Å². The van der Waals surface area contributed by atoms with E-state index in [-0.39, 0.29) is 6.04 Å². The predicted octanol–water partition coefficient (Wildman–Crippen LogP) is 11.9. The third-order valence-electron chi connectivity index (χ3n) is 10.7. The van der Waals surface area contributed by atoms with Gasteiger partial charge in [0.15, 0.2) is 0 Å². The van der Waals surface area contributed by atoms with Gasteiger partial charge in [-0.1, -0.05) is 176 Å². The third kappa shape index (κ3) is 4.87. The Morgan fingerprint density at radius 2 is 1.14 bits per heavy atom. The first-order valence-corrected chi connectivity index (χ1v) is 17.7. The van der Waals surface area contributed by atoms with Crippen LogP contribution in [0.25, 0.3) is 34.0 Å². The van der Waals surface area contributed by atoms with Gasteiger partial charge in [-0.25, -0.2) is 0 Å². The lowest BCUT2D eigenvalue weighted by Crippen LogP contribution is -2.35. The van der Waals surface area contributed by atoms with Crippen LogP contribution in [0.2, 0.25) is 0 Å². The molecule has 244 valence electrons. The molecule has 2 nitrogen and oxygen atoms in total. The van der Waals surface area contributed by atoms with Crippen molar-refractivity contribution in [2.45, 2.75) is 18.4 Å². The van der Waals surface area contributed by atoms with Crippen LogP contribution < -0.4 is 10.6 Å². The lowest BCUT2D eigenvalue weighted by Gasteiger charge is -2.43. The standard InChI is InChI=1S/C49H38N2/c1-2-15-37-18-14-24-43(48(37)50)47-33-46(36-28-26-35(27-29-36)34-16-6-3-7-17-34)51(47)40-30-31-42-41-23-12-13-25-44(41)49(45(42)32-40,38-19-8-4-9-20-38)39-21-10-5-11-22-39/h2-33,46H,50H2,1H3/b15-2-. The maximum Gasteiger partial charge on any atom is 0.0798 e. The van der Waals surface area contributed by atoms with Gasteiger partial charge in [0, 0.05) is 22.6 Å². The quantitative estimate of drug-likeness (QED) is 0.173. The molecule has 1 aliphatic carbocycles. The molecule has 0 spiro atoms. The first kappa shape index (κ1) is 30.7. The van der Waals surface area contributed by atoms with Gasteiger partial charge in [-0.3, -0.25) is 0 Å². The van der Waals surface area contributed by atoms with E-state index >= 15 is 0 Å². The number of allylic oxidation sites excluding steroid dienone is 1. The molecule has 1 unspecified atom stereocenters. The Morgan fingerprint density at radius 1 is 0.549 bits per heavy atom. The normalized spacial score (nSPS) is 15.6. The van der Waals surface area contributed by atoms with Gasteiger partial charge in [-0.05, 0) is 80.8 Å². The van der Waals surface area contributed by atoms with Crippen molar-refractivity contribution in [3.8, 4) is 22.3 Å². The maximum atomic E-state index is 6.91. The molecule has 2 aliphatic rings. The fraction of sp³-hybridized carbons (Fsp3) is 0.0612. The van der Waals surface area contributed by atoms with Crippen LogP contribution in [-0.2, 0) is 5.41 Å². The highest BCUT2D eigenvalue weighted by Gasteiger charge is 2.46. The van der Waals surface area contributed by atoms with E-state index in [0.29, 0.717) is 0 Å². The number of nitrogen functional groups attached to an aromatic ring is 1. The smallest absolute Gasteiger partial charge is 0.0798 e. The van der Waals surface area contributed by atoms with Crippen molar-refractivity contribution in [1.29, 1.82) is 0 Å². The van der Waals surface area contributed by atoms with Gasteiger partial charge in [0.25, 0.3) is 0 Å². The molecule has 7 aromatic rings. The number of anilines is 2. The van der Waals surface area contributed by atoms with Crippen LogP contribution in [0.15, 0.2) is 188 Å². The minimum Gasteiger partial charge on any atom is -0.398 e. The van der Waals surface area contributed by atoms with E-state index in [2.05, 4.69) is 193 Å². The van der Waals surface area contributed by atoms with Gasteiger partial charge in [-0.2, -0.15) is 0 Å². The number of nitrogens with zero attached hydrogens (tertiary/aromatic N) is 1. The first-order valence-electron chi connectivity index (χ1n) is 17.7. The summed E-state index contributed by atoms with van der Waals surface area (Å²) in [6.45, 7) is 2.03. The summed E-state index contributed by atoms with van der Waals surface area (Å²) in [5.41, 5.74) is 22.9. The molecule has 1 aliphatic heterocycles. The molecule has 2 N–H and O–H groups in total. The Hall–Kier alpha value is -6.38. The van der Waals surface area contributed by atoms with E-state index < -0.39 is 5.41 Å². The molecule has 9 rings (SSSR count). The highest BCUT2D eigenvalue weighted by atomic mass is 15.2. The fourth-order valence-corrected chi connectivity index (χ4v) is 8.35. The monoisotopic (exact) mass is 654 g/mol. The molecule has 0 aromatic heterocycles. The summed E-state index contributed by atoms with van der Waals surface area (Å²) in [5.74, 6) is 0. The highest BCUT2D eigenvalue weighted by Crippen LogP contribution is 2.58. The van der Waals surface area contributed by atoms with Gasteiger partial charge in [0.05, 0.1) is 11.5 Å². The van der Waals surface area contributed by atoms with Crippen LogP contribution in [0.4, 0.5) is 11.4 Å². The van der Waals surface area contributed by atoms with Crippen molar-refractivity contribution in [3.05, 3.63) is 227 Å². The average molecular weight is 655 g/mol. The maximum absolute atomic E-state index is 6.91. The van der Waals surface area contributed by atoms with Crippen LogP contribution in [0.3, 0.4) is 0 Å². The van der Waals surface area contributed by atoms with E-state index in [1.807, 2.05) is 13.0 Å². The lowest BCUT2D eigenvalue weighted by atomic mass is 9.67. The van der Waals surface area contributed by atoms with Crippen LogP contribution in [-0.4, -0.2) is 0 Å². The van der Waals surface area contributed by atoms with Crippen molar-refractivity contribution in [2.24, 2.45) is 0 Å². The first-order chi connectivity index (χ1) is 25.2. The molecule has 2 heteroatoms. The van der Waals surface area contributed by atoms with E-state index in [9.17, 15) is 0 Å². The number of para-hydroxylation sites is 1. The zero-order valence-electron chi connectivity index (χ0n) is 28.6. The number of hydrogen-bond donors (Lipinski definition) is 1. The topological polar surface area (TPSA) is 29.3 Å². The summed E-state index contributed by atoms with van der Waals surface area (Å²) >= 11 is 0. The Morgan fingerprint density at radius 3 is 1.82 bits per heavy atom. The number of rotatable bonds is 7. The molecule has 1 heterocycles. The van der Waals surface area contributed by atoms with Gasteiger partial charge < -0.3 is 10.6 Å². The lowest BCUT2D eigenvalue weighted by molar-refractivity contribution is 0.762. The SMILES string of the molecule is C/C=C\c1cccc(C2=CC(c3ccc(-c4ccccc4)cc3)N2c2ccc3c(c2)C(c2ccccc2)(c2ccccc2)c2ccccc2-3)c1N. The second-order valence-corrected chi connectivity index (χ2v) is 13.4. The minimum absolute atomic E-state index is 0.0410. The molecule has 1 atom stereocenters. The van der Waals surface area contributed by atoms with Gasteiger partial charge >= 0.3 is 0 Å². The molecule has 0 bridgehead atoms. The molecule has 51 heavy (non-hydrogen) atoms. The minimum atomic E-state index is -0.475. The molecule has 0 saturated carbocycles. The van der Waals surface area contributed by atoms with Crippen LogP contribution >= 0.6 is 0 Å². The average Bonchev–Trinajstić information content (AvgIpc) is 3.48. The zero-order valence-corrected chi connectivity index (χ0v) is 28.6. The van der Waals surface area contributed by atoms with E-state index in [4.69, 9.17) is 5.73 Å². The summed E-state index contributed by atoms with van der Waals surface area (Å²) in [4.78, 5) is 2.48. The largest absolute Gasteiger partial charge is 0.398 e. The second kappa shape index (κ2) is 12.5. The van der Waals surface area contributed by atoms with E-state index in [0.717, 1.165) is 28.2 Å². The van der Waals surface area contributed by atoms with Crippen molar-refractivity contribution in [1.82, 2.24) is 0 Å². The van der Waals surface area contributed by atoms with Crippen molar-refractivity contribution in [2.75, 3.05) is 10.6 Å². The number of nitrogens with two attached hydrogens (primary N) is 1. The molecule has 0 saturated heterocycles. The molecule has 7 aromatic carbocycles. The van der Waals surface area contributed by atoms with E-state index in [1.54, 1.807) is 0 Å². The third-order valence-corrected chi connectivity index (χ3v) is 10.7. The summed E-state index contributed by atoms with van der Waals surface area (Å²) in [5, 5.41) is 0. The van der Waals surface area contributed by atoms with E-state index in [1.165, 1.54) is 50.1 Å². The Bertz CT molecular complexity index is 2380. The highest BCUT2D eigenvalue weighted by molar-refractivity contribution is 5.95. The Balaban J connectivity index is 1.24. The van der Waals surface area contributed by atoms with Gasteiger partial charge in [0.1, 0.15) is 0 Å². The number of benzene rings is 7. The fourth-order valence-electron chi connectivity index (χ4n) is 8.35. The Labute approximate surface area is 300 Å². The molecule has 0 amide bonds. The molecule has 0 fully saturated rings. The number of hydrogen-bond acceptors (Lipinski definition) is 2. The molecule has 0 radical (unpaired) electrons. The second-order valence-electron chi connectivity index (χ2n) is 13.4. The van der Waals surface area contributed by atoms with Crippen molar-refractivity contribution in [3.63, 3.8) is 0 Å². The van der Waals surface area contributed by atoms with Crippen molar-refractivity contribution >= 4 is 23.1 Å². The van der Waals surface area contributed by atoms with Crippen LogP contribution in [0.5, 0.6) is 0 Å². The molecular weight excluding hydrogens is 617 g/mol. The van der Waals surface area contributed by atoms with Crippen LogP contribution in [0.1, 0.15) is 51.9 Å².